The predicted molar refractivity (Wildman–Crippen MR) is 233 cm³/mol. The number of aromatic nitrogens is 2. The average molecular weight is 869 g/mol. The SMILES string of the molecule is C[C@@H]1C[C@@H](O)c2ncnc(N3CCN(C(=O)[C@H](CNCCC(=O)NCCCCCCCCCc4cccc5c4C(=O)N(C4CCC(=O)NC4=O)C5=O)c4ccc(Cl)cc4)CC3)c21. The number of halogens is 1. The first-order chi connectivity index (χ1) is 30.0. The number of carbonyl (C=O) groups is 6. The van der Waals surface area contributed by atoms with Crippen molar-refractivity contribution in [2.24, 2.45) is 0 Å². The molecule has 2 aromatic carbocycles. The van der Waals surface area contributed by atoms with E-state index in [1.165, 1.54) is 6.33 Å². The van der Waals surface area contributed by atoms with Crippen molar-refractivity contribution in [2.75, 3.05) is 50.7 Å². The molecular formula is C46H57ClN8O7. The fraction of sp³-hybridized carbons (Fsp3) is 0.522. The fourth-order valence-electron chi connectivity index (χ4n) is 9.24. The number of aliphatic hydroxyl groups excluding tert-OH is 1. The summed E-state index contributed by atoms with van der Waals surface area (Å²) in [5.74, 6) is -1.39. The summed E-state index contributed by atoms with van der Waals surface area (Å²) in [6.45, 7) is 5.85. The quantitative estimate of drug-likeness (QED) is 0.0974. The van der Waals surface area contributed by atoms with E-state index in [9.17, 15) is 33.9 Å². The number of piperidine rings is 1. The number of fused-ring (bicyclic) bond motifs is 2. The molecule has 330 valence electrons. The largest absolute Gasteiger partial charge is 0.387 e. The minimum atomic E-state index is -0.971. The van der Waals surface area contributed by atoms with E-state index in [0.717, 1.165) is 72.4 Å². The lowest BCUT2D eigenvalue weighted by atomic mass is 9.97. The van der Waals surface area contributed by atoms with E-state index in [2.05, 4.69) is 37.7 Å². The molecule has 0 spiro atoms. The molecule has 4 atom stereocenters. The number of anilines is 1. The van der Waals surface area contributed by atoms with E-state index in [1.54, 1.807) is 24.3 Å². The molecule has 7 rings (SSSR count). The maximum absolute atomic E-state index is 14.0. The summed E-state index contributed by atoms with van der Waals surface area (Å²) in [7, 11) is 0. The Kier molecular flexibility index (Phi) is 15.0. The molecule has 3 aromatic rings. The Labute approximate surface area is 367 Å². The van der Waals surface area contributed by atoms with Crippen LogP contribution in [0.3, 0.4) is 0 Å². The summed E-state index contributed by atoms with van der Waals surface area (Å²) in [6.07, 6.45) is 9.63. The Hall–Kier alpha value is -5.25. The Bertz CT molecular complexity index is 2140. The van der Waals surface area contributed by atoms with Gasteiger partial charge in [0.05, 0.1) is 28.8 Å². The van der Waals surface area contributed by atoms with Crippen LogP contribution in [0.5, 0.6) is 0 Å². The summed E-state index contributed by atoms with van der Waals surface area (Å²) < 4.78 is 0. The molecule has 2 saturated heterocycles. The highest BCUT2D eigenvalue weighted by molar-refractivity contribution is 6.30. The lowest BCUT2D eigenvalue weighted by Crippen LogP contribution is -2.54. The molecule has 6 amide bonds. The first-order valence-corrected chi connectivity index (χ1v) is 22.5. The molecule has 1 unspecified atom stereocenters. The van der Waals surface area contributed by atoms with E-state index < -0.39 is 41.7 Å². The summed E-state index contributed by atoms with van der Waals surface area (Å²) in [5, 5.41) is 19.7. The van der Waals surface area contributed by atoms with Gasteiger partial charge in [-0.2, -0.15) is 0 Å². The number of hydrogen-bond donors (Lipinski definition) is 4. The summed E-state index contributed by atoms with van der Waals surface area (Å²) >= 11 is 6.18. The first kappa shape index (κ1) is 44.8. The Morgan fingerprint density at radius 3 is 2.37 bits per heavy atom. The smallest absolute Gasteiger partial charge is 0.262 e. The lowest BCUT2D eigenvalue weighted by molar-refractivity contribution is -0.136. The zero-order chi connectivity index (χ0) is 43.8. The predicted octanol–water partition coefficient (Wildman–Crippen LogP) is 4.57. The van der Waals surface area contributed by atoms with Crippen LogP contribution in [0.4, 0.5) is 5.82 Å². The summed E-state index contributed by atoms with van der Waals surface area (Å²) in [6, 6.07) is 11.7. The maximum Gasteiger partial charge on any atom is 0.262 e. The Morgan fingerprint density at radius 2 is 1.63 bits per heavy atom. The monoisotopic (exact) mass is 868 g/mol. The number of unbranched alkanes of at least 4 members (excludes halogenated alkanes) is 6. The van der Waals surface area contributed by atoms with Gasteiger partial charge in [0.2, 0.25) is 23.6 Å². The van der Waals surface area contributed by atoms with Crippen molar-refractivity contribution >= 4 is 52.9 Å². The number of carbonyl (C=O) groups excluding carboxylic acids is 6. The highest BCUT2D eigenvalue weighted by Crippen LogP contribution is 2.43. The van der Waals surface area contributed by atoms with E-state index in [1.807, 2.05) is 23.1 Å². The van der Waals surface area contributed by atoms with E-state index in [4.69, 9.17) is 11.6 Å². The Balaban J connectivity index is 0.766. The number of aliphatic hydroxyl groups is 1. The molecule has 1 aromatic heterocycles. The van der Waals surface area contributed by atoms with E-state index in [-0.39, 0.29) is 30.6 Å². The van der Waals surface area contributed by atoms with Crippen molar-refractivity contribution in [3.8, 4) is 0 Å². The van der Waals surface area contributed by atoms with Gasteiger partial charge in [0, 0.05) is 69.2 Å². The van der Waals surface area contributed by atoms with Crippen LogP contribution in [0.25, 0.3) is 0 Å². The van der Waals surface area contributed by atoms with Crippen molar-refractivity contribution in [3.63, 3.8) is 0 Å². The van der Waals surface area contributed by atoms with Crippen LogP contribution < -0.4 is 20.9 Å². The molecule has 62 heavy (non-hydrogen) atoms. The van der Waals surface area contributed by atoms with Crippen molar-refractivity contribution in [1.82, 2.24) is 35.7 Å². The number of benzene rings is 2. The van der Waals surface area contributed by atoms with Crippen LogP contribution in [0, 0.1) is 0 Å². The van der Waals surface area contributed by atoms with Crippen LogP contribution in [0.2, 0.25) is 5.02 Å². The van der Waals surface area contributed by atoms with Gasteiger partial charge in [0.25, 0.3) is 11.8 Å². The zero-order valence-corrected chi connectivity index (χ0v) is 36.1. The number of nitrogens with one attached hydrogen (secondary N) is 3. The third kappa shape index (κ3) is 10.3. The van der Waals surface area contributed by atoms with Gasteiger partial charge in [-0.05, 0) is 67.3 Å². The molecular weight excluding hydrogens is 812 g/mol. The van der Waals surface area contributed by atoms with Crippen molar-refractivity contribution in [1.29, 1.82) is 0 Å². The zero-order valence-electron chi connectivity index (χ0n) is 35.4. The number of imide groups is 2. The standard InChI is InChI=1S/C46H57ClN8O7/c1-29-26-36(56)41-39(29)42(51-28-50-41)53-22-24-54(25-23-53)44(60)34(30-13-15-32(47)16-14-30)27-48-21-19-37(57)49-20-8-6-4-2-3-5-7-10-31-11-9-12-33-40(31)46(62)55(45(33)61)35-17-18-38(58)52-43(35)59/h9,11-16,28-29,34-36,48,56H,2-8,10,17-27H2,1H3,(H,49,57)(H,52,58,59)/t29-,34-,35?,36-/m1/s1. The van der Waals surface area contributed by atoms with Gasteiger partial charge >= 0.3 is 0 Å². The minimum absolute atomic E-state index is 0.0225. The highest BCUT2D eigenvalue weighted by Gasteiger charge is 2.45. The van der Waals surface area contributed by atoms with Crippen LogP contribution >= 0.6 is 11.6 Å². The molecule has 15 nitrogen and oxygen atoms in total. The molecule has 4 N–H and O–H groups in total. The van der Waals surface area contributed by atoms with Gasteiger partial charge < -0.3 is 25.5 Å². The lowest BCUT2D eigenvalue weighted by Gasteiger charge is -2.38. The van der Waals surface area contributed by atoms with E-state index >= 15 is 0 Å². The topological polar surface area (TPSA) is 194 Å². The second-order valence-electron chi connectivity index (χ2n) is 16.9. The molecule has 0 saturated carbocycles. The molecule has 1 aliphatic carbocycles. The normalized spacial score (nSPS) is 20.3. The third-order valence-corrected chi connectivity index (χ3v) is 12.9. The van der Waals surface area contributed by atoms with Crippen molar-refractivity contribution in [2.45, 2.75) is 108 Å². The number of rotatable bonds is 19. The second kappa shape index (κ2) is 20.7. The van der Waals surface area contributed by atoms with Gasteiger partial charge in [-0.1, -0.05) is 74.9 Å². The maximum atomic E-state index is 14.0. The molecule has 0 radical (unpaired) electrons. The molecule has 4 heterocycles. The Morgan fingerprint density at radius 1 is 0.903 bits per heavy atom. The first-order valence-electron chi connectivity index (χ1n) is 22.1. The molecule has 3 aliphatic heterocycles. The van der Waals surface area contributed by atoms with Crippen LogP contribution in [-0.4, -0.2) is 112 Å². The minimum Gasteiger partial charge on any atom is -0.387 e. The number of nitrogens with zero attached hydrogens (tertiary/aromatic N) is 5. The van der Waals surface area contributed by atoms with Gasteiger partial charge in [-0.25, -0.2) is 9.97 Å². The van der Waals surface area contributed by atoms with E-state index in [0.29, 0.717) is 86.9 Å². The van der Waals surface area contributed by atoms with Crippen LogP contribution in [0.1, 0.15) is 139 Å². The van der Waals surface area contributed by atoms with Crippen LogP contribution in [0.15, 0.2) is 48.8 Å². The van der Waals surface area contributed by atoms with Gasteiger partial charge in [-0.15, -0.1) is 0 Å². The summed E-state index contributed by atoms with van der Waals surface area (Å²) in [5.41, 5.74) is 4.08. The number of aryl methyl sites for hydroxylation is 1. The number of piperazine rings is 1. The third-order valence-electron chi connectivity index (χ3n) is 12.6. The average Bonchev–Trinajstić information content (AvgIpc) is 3.71. The van der Waals surface area contributed by atoms with Gasteiger partial charge in [0.15, 0.2) is 0 Å². The van der Waals surface area contributed by atoms with Crippen molar-refractivity contribution in [3.05, 3.63) is 87.3 Å². The molecule has 4 aliphatic rings. The van der Waals surface area contributed by atoms with Gasteiger partial charge in [0.1, 0.15) is 18.2 Å². The summed E-state index contributed by atoms with van der Waals surface area (Å²) in [4.78, 5) is 91.1. The van der Waals surface area contributed by atoms with Crippen LogP contribution in [-0.2, 0) is 25.6 Å². The highest BCUT2D eigenvalue weighted by atomic mass is 35.5. The molecule has 2 fully saturated rings. The second-order valence-corrected chi connectivity index (χ2v) is 17.3. The molecule has 0 bridgehead atoms. The number of hydrogen-bond acceptors (Lipinski definition) is 11. The van der Waals surface area contributed by atoms with Gasteiger partial charge in [-0.3, -0.25) is 39.0 Å². The molecule has 16 heteroatoms. The fourth-order valence-corrected chi connectivity index (χ4v) is 9.36. The number of amides is 6. The van der Waals surface area contributed by atoms with Crippen molar-refractivity contribution < 1.29 is 33.9 Å².